The van der Waals surface area contributed by atoms with E-state index in [1.54, 1.807) is 6.08 Å². The third kappa shape index (κ3) is 3.89. The highest BCUT2D eigenvalue weighted by Crippen LogP contribution is 2.31. The van der Waals surface area contributed by atoms with Crippen molar-refractivity contribution in [1.29, 1.82) is 0 Å². The molecule has 6 nitrogen and oxygen atoms in total. The normalized spacial score (nSPS) is 16.4. The Kier molecular flexibility index (Phi) is 4.89. The van der Waals surface area contributed by atoms with Gasteiger partial charge in [-0.05, 0) is 31.6 Å². The number of anilines is 1. The van der Waals surface area contributed by atoms with E-state index in [-0.39, 0.29) is 19.0 Å². The van der Waals surface area contributed by atoms with Crippen molar-refractivity contribution in [2.45, 2.75) is 5.60 Å². The Hall–Kier alpha value is -2.22. The van der Waals surface area contributed by atoms with E-state index in [0.29, 0.717) is 11.5 Å². The maximum Gasteiger partial charge on any atom is 0.260 e. The van der Waals surface area contributed by atoms with Crippen LogP contribution in [0.5, 0.6) is 0 Å². The first-order valence-corrected chi connectivity index (χ1v) is 8.82. The summed E-state index contributed by atoms with van der Waals surface area (Å²) in [6.45, 7) is 0.681. The van der Waals surface area contributed by atoms with Gasteiger partial charge in [-0.15, -0.1) is 11.3 Å². The van der Waals surface area contributed by atoms with Gasteiger partial charge in [-0.2, -0.15) is 0 Å². The SMILES string of the molecule is CN(C)C/C=C/C(=O)N1CC(O)(C(=O)Nc2cc3ccccc3s2)C1. The summed E-state index contributed by atoms with van der Waals surface area (Å²) in [5.41, 5.74) is -1.53. The molecule has 7 heteroatoms. The van der Waals surface area contributed by atoms with Gasteiger partial charge in [0.15, 0.2) is 5.60 Å². The number of hydrogen-bond donors (Lipinski definition) is 2. The smallest absolute Gasteiger partial charge is 0.260 e. The monoisotopic (exact) mass is 359 g/mol. The fourth-order valence-corrected chi connectivity index (χ4v) is 3.58. The molecule has 1 aromatic carbocycles. The molecule has 3 rings (SSSR count). The number of carbonyl (C=O) groups is 2. The molecule has 1 aromatic heterocycles. The molecule has 1 aliphatic heterocycles. The lowest BCUT2D eigenvalue weighted by Crippen LogP contribution is -2.68. The summed E-state index contributed by atoms with van der Waals surface area (Å²) >= 11 is 1.46. The van der Waals surface area contributed by atoms with Crippen LogP contribution >= 0.6 is 11.3 Å². The van der Waals surface area contributed by atoms with Crippen LogP contribution < -0.4 is 5.32 Å². The van der Waals surface area contributed by atoms with Gasteiger partial charge in [0.25, 0.3) is 5.91 Å². The van der Waals surface area contributed by atoms with E-state index in [2.05, 4.69) is 5.32 Å². The molecule has 1 saturated heterocycles. The summed E-state index contributed by atoms with van der Waals surface area (Å²) in [5, 5.41) is 14.9. The van der Waals surface area contributed by atoms with E-state index in [0.717, 1.165) is 10.1 Å². The number of carbonyl (C=O) groups excluding carboxylic acids is 2. The number of nitrogens with one attached hydrogen (secondary N) is 1. The summed E-state index contributed by atoms with van der Waals surface area (Å²) < 4.78 is 1.07. The van der Waals surface area contributed by atoms with Crippen LogP contribution in [-0.4, -0.2) is 66.1 Å². The number of β-amino-alcohol motifs (C(OH)–C–C–N with tert-alkyl or cyclic N) is 1. The molecular formula is C18H21N3O3S. The van der Waals surface area contributed by atoms with E-state index < -0.39 is 11.5 Å². The zero-order chi connectivity index (χ0) is 18.0. The van der Waals surface area contributed by atoms with Crippen molar-refractivity contribution in [1.82, 2.24) is 9.80 Å². The first kappa shape index (κ1) is 17.6. The number of aliphatic hydroxyl groups is 1. The maximum absolute atomic E-state index is 12.3. The highest BCUT2D eigenvalue weighted by atomic mass is 32.1. The molecule has 0 unspecified atom stereocenters. The van der Waals surface area contributed by atoms with Gasteiger partial charge in [0.2, 0.25) is 5.91 Å². The summed E-state index contributed by atoms with van der Waals surface area (Å²) in [7, 11) is 3.82. The summed E-state index contributed by atoms with van der Waals surface area (Å²) in [4.78, 5) is 27.7. The fourth-order valence-electron chi connectivity index (χ4n) is 2.63. The first-order chi connectivity index (χ1) is 11.9. The van der Waals surface area contributed by atoms with Crippen LogP contribution in [0.3, 0.4) is 0 Å². The zero-order valence-electron chi connectivity index (χ0n) is 14.2. The van der Waals surface area contributed by atoms with E-state index in [1.807, 2.05) is 49.3 Å². The fraction of sp³-hybridized carbons (Fsp3) is 0.333. The summed E-state index contributed by atoms with van der Waals surface area (Å²) in [6.07, 6.45) is 3.24. The highest BCUT2D eigenvalue weighted by molar-refractivity contribution is 7.22. The average molecular weight is 359 g/mol. The molecule has 1 fully saturated rings. The van der Waals surface area contributed by atoms with E-state index in [9.17, 15) is 14.7 Å². The molecule has 0 aliphatic carbocycles. The van der Waals surface area contributed by atoms with E-state index in [4.69, 9.17) is 0 Å². The Morgan fingerprint density at radius 2 is 2.08 bits per heavy atom. The molecule has 132 valence electrons. The predicted molar refractivity (Wildman–Crippen MR) is 99.7 cm³/mol. The van der Waals surface area contributed by atoms with Crippen molar-refractivity contribution in [2.24, 2.45) is 0 Å². The predicted octanol–water partition coefficient (Wildman–Crippen LogP) is 1.53. The van der Waals surface area contributed by atoms with Gasteiger partial charge in [-0.3, -0.25) is 9.59 Å². The van der Waals surface area contributed by atoms with Crippen molar-refractivity contribution >= 4 is 38.2 Å². The molecule has 2 heterocycles. The van der Waals surface area contributed by atoms with E-state index >= 15 is 0 Å². The lowest BCUT2D eigenvalue weighted by atomic mass is 9.93. The maximum atomic E-state index is 12.3. The number of thiophene rings is 1. The number of nitrogens with zero attached hydrogens (tertiary/aromatic N) is 2. The minimum Gasteiger partial charge on any atom is -0.377 e. The van der Waals surface area contributed by atoms with Crippen LogP contribution in [-0.2, 0) is 9.59 Å². The molecular weight excluding hydrogens is 338 g/mol. The van der Waals surface area contributed by atoms with Crippen LogP contribution in [0.1, 0.15) is 0 Å². The molecule has 0 spiro atoms. The molecule has 2 aromatic rings. The van der Waals surface area contributed by atoms with Gasteiger partial charge >= 0.3 is 0 Å². The molecule has 2 N–H and O–H groups in total. The van der Waals surface area contributed by atoms with Crippen molar-refractivity contribution in [3.8, 4) is 0 Å². The van der Waals surface area contributed by atoms with Gasteiger partial charge < -0.3 is 20.2 Å². The second-order valence-electron chi connectivity index (χ2n) is 6.49. The summed E-state index contributed by atoms with van der Waals surface area (Å²) in [6, 6.07) is 9.71. The van der Waals surface area contributed by atoms with Crippen molar-refractivity contribution in [2.75, 3.05) is 39.0 Å². The Bertz CT molecular complexity index is 789. The standard InChI is InChI=1S/C18H21N3O3S/c1-20(2)9-5-8-16(22)21-11-18(24,12-21)17(23)19-15-10-13-6-3-4-7-14(13)25-15/h3-8,10,24H,9,11-12H2,1-2H3,(H,19,23)/b8-5+. The highest BCUT2D eigenvalue weighted by Gasteiger charge is 2.49. The van der Waals surface area contributed by atoms with Crippen LogP contribution in [0.15, 0.2) is 42.5 Å². The van der Waals surface area contributed by atoms with Gasteiger partial charge in [0.1, 0.15) is 0 Å². The number of benzene rings is 1. The minimum absolute atomic E-state index is 0.00880. The Morgan fingerprint density at radius 1 is 1.36 bits per heavy atom. The number of fused-ring (bicyclic) bond motifs is 1. The Balaban J connectivity index is 1.56. The lowest BCUT2D eigenvalue weighted by Gasteiger charge is -2.44. The number of likely N-dealkylation sites (N-methyl/N-ethyl adjacent to an activating group) is 1. The number of hydrogen-bond acceptors (Lipinski definition) is 5. The number of amides is 2. The molecule has 2 amide bonds. The molecule has 0 saturated carbocycles. The minimum atomic E-state index is -1.53. The molecule has 0 radical (unpaired) electrons. The second kappa shape index (κ2) is 6.95. The van der Waals surface area contributed by atoms with Crippen molar-refractivity contribution < 1.29 is 14.7 Å². The molecule has 25 heavy (non-hydrogen) atoms. The van der Waals surface area contributed by atoms with Crippen molar-refractivity contribution in [3.05, 3.63) is 42.5 Å². The lowest BCUT2D eigenvalue weighted by molar-refractivity contribution is -0.161. The van der Waals surface area contributed by atoms with Gasteiger partial charge in [0.05, 0.1) is 18.1 Å². The third-order valence-corrected chi connectivity index (χ3v) is 5.06. The summed E-state index contributed by atoms with van der Waals surface area (Å²) in [5.74, 6) is -0.665. The average Bonchev–Trinajstić information content (AvgIpc) is 2.93. The Morgan fingerprint density at radius 3 is 2.76 bits per heavy atom. The van der Waals surface area contributed by atoms with Crippen LogP contribution in [0, 0.1) is 0 Å². The topological polar surface area (TPSA) is 72.9 Å². The van der Waals surface area contributed by atoms with Gasteiger partial charge in [0, 0.05) is 17.3 Å². The van der Waals surface area contributed by atoms with Crippen molar-refractivity contribution in [3.63, 3.8) is 0 Å². The molecule has 0 atom stereocenters. The third-order valence-electron chi connectivity index (χ3n) is 4.03. The zero-order valence-corrected chi connectivity index (χ0v) is 15.0. The number of rotatable bonds is 5. The quantitative estimate of drug-likeness (QED) is 0.794. The van der Waals surface area contributed by atoms with Crippen LogP contribution in [0.25, 0.3) is 10.1 Å². The van der Waals surface area contributed by atoms with Gasteiger partial charge in [-0.25, -0.2) is 0 Å². The molecule has 0 bridgehead atoms. The Labute approximate surface area is 150 Å². The van der Waals surface area contributed by atoms with E-state index in [1.165, 1.54) is 22.3 Å². The number of likely N-dealkylation sites (tertiary alicyclic amines) is 1. The van der Waals surface area contributed by atoms with Gasteiger partial charge in [-0.1, -0.05) is 24.3 Å². The van der Waals surface area contributed by atoms with Crippen LogP contribution in [0.4, 0.5) is 5.00 Å². The second-order valence-corrected chi connectivity index (χ2v) is 7.58. The first-order valence-electron chi connectivity index (χ1n) is 8.00. The van der Waals surface area contributed by atoms with Crippen LogP contribution in [0.2, 0.25) is 0 Å². The largest absolute Gasteiger partial charge is 0.377 e. The molecule has 1 aliphatic rings.